The van der Waals surface area contributed by atoms with Crippen LogP contribution < -0.4 is 4.74 Å². The van der Waals surface area contributed by atoms with Gasteiger partial charge in [-0.05, 0) is 6.07 Å². The summed E-state index contributed by atoms with van der Waals surface area (Å²) >= 11 is 0. The molecule has 2 heterocycles. The molecule has 0 saturated carbocycles. The van der Waals surface area contributed by atoms with Crippen LogP contribution >= 0.6 is 0 Å². The molecule has 0 bridgehead atoms. The molecular formula is C9H10NO3. The summed E-state index contributed by atoms with van der Waals surface area (Å²) in [5, 5.41) is 19.0. The Morgan fingerprint density at radius 3 is 3.31 bits per heavy atom. The molecule has 0 saturated heterocycles. The zero-order valence-electron chi connectivity index (χ0n) is 7.03. The SMILES string of the molecule is OCC1(O)CCOc2[c]ccnc21. The molecule has 4 nitrogen and oxygen atoms in total. The summed E-state index contributed by atoms with van der Waals surface area (Å²) in [4.78, 5) is 3.98. The predicted octanol–water partition coefficient (Wildman–Crippen LogP) is -0.156. The highest BCUT2D eigenvalue weighted by molar-refractivity contribution is 5.32. The smallest absolute Gasteiger partial charge is 0.151 e. The first kappa shape index (κ1) is 8.47. The summed E-state index contributed by atoms with van der Waals surface area (Å²) in [6, 6.07) is 4.44. The molecule has 1 aliphatic heterocycles. The van der Waals surface area contributed by atoms with E-state index in [9.17, 15) is 5.11 Å². The van der Waals surface area contributed by atoms with Gasteiger partial charge in [0.1, 0.15) is 11.3 Å². The minimum Gasteiger partial charge on any atom is -0.491 e. The standard InChI is InChI=1S/C9H10NO3/c11-6-9(12)3-5-13-7-2-1-4-10-8(7)9/h1,4,11-12H,3,5-6H2. The van der Waals surface area contributed by atoms with E-state index < -0.39 is 5.60 Å². The molecule has 69 valence electrons. The Balaban J connectivity index is 2.48. The monoisotopic (exact) mass is 180 g/mol. The number of rotatable bonds is 1. The number of nitrogens with zero attached hydrogens (tertiary/aromatic N) is 1. The van der Waals surface area contributed by atoms with E-state index in [1.165, 1.54) is 6.20 Å². The van der Waals surface area contributed by atoms with E-state index in [1.807, 2.05) is 0 Å². The number of hydrogen-bond acceptors (Lipinski definition) is 4. The van der Waals surface area contributed by atoms with Gasteiger partial charge in [0.15, 0.2) is 5.75 Å². The number of fused-ring (bicyclic) bond motifs is 1. The van der Waals surface area contributed by atoms with E-state index in [1.54, 1.807) is 6.07 Å². The summed E-state index contributed by atoms with van der Waals surface area (Å²) in [6.07, 6.45) is 1.88. The normalized spacial score (nSPS) is 26.3. The summed E-state index contributed by atoms with van der Waals surface area (Å²) in [5.41, 5.74) is -0.880. The maximum atomic E-state index is 9.92. The zero-order chi connectivity index (χ0) is 9.31. The van der Waals surface area contributed by atoms with Gasteiger partial charge < -0.3 is 14.9 Å². The van der Waals surface area contributed by atoms with Crippen LogP contribution in [0.5, 0.6) is 5.75 Å². The van der Waals surface area contributed by atoms with Crippen molar-refractivity contribution in [2.45, 2.75) is 12.0 Å². The molecule has 1 radical (unpaired) electrons. The number of aliphatic hydroxyl groups excluding tert-OH is 1. The van der Waals surface area contributed by atoms with Gasteiger partial charge >= 0.3 is 0 Å². The second kappa shape index (κ2) is 2.97. The molecule has 0 fully saturated rings. The van der Waals surface area contributed by atoms with E-state index in [4.69, 9.17) is 9.84 Å². The predicted molar refractivity (Wildman–Crippen MR) is 44.2 cm³/mol. The molecule has 13 heavy (non-hydrogen) atoms. The fraction of sp³-hybridized carbons (Fsp3) is 0.444. The van der Waals surface area contributed by atoms with Crippen LogP contribution in [0.3, 0.4) is 0 Å². The largest absolute Gasteiger partial charge is 0.491 e. The molecule has 1 aliphatic rings. The van der Waals surface area contributed by atoms with Crippen molar-refractivity contribution in [1.82, 2.24) is 4.98 Å². The number of pyridine rings is 1. The van der Waals surface area contributed by atoms with E-state index in [2.05, 4.69) is 11.1 Å². The van der Waals surface area contributed by atoms with Crippen LogP contribution in [0.25, 0.3) is 0 Å². The summed E-state index contributed by atoms with van der Waals surface area (Å²) in [5.74, 6) is 0.435. The Bertz CT molecular complexity index is 315. The fourth-order valence-corrected chi connectivity index (χ4v) is 1.39. The minimum absolute atomic E-state index is 0.339. The average Bonchev–Trinajstić information content (AvgIpc) is 2.19. The molecule has 1 unspecified atom stereocenters. The first-order valence-corrected chi connectivity index (χ1v) is 4.09. The van der Waals surface area contributed by atoms with Crippen LogP contribution in [0.2, 0.25) is 0 Å². The molecule has 0 amide bonds. The molecule has 0 aromatic carbocycles. The van der Waals surface area contributed by atoms with Gasteiger partial charge in [-0.2, -0.15) is 0 Å². The number of aliphatic hydroxyl groups is 2. The third kappa shape index (κ3) is 1.28. The van der Waals surface area contributed by atoms with Gasteiger partial charge in [-0.25, -0.2) is 0 Å². The van der Waals surface area contributed by atoms with Gasteiger partial charge in [-0.1, -0.05) is 0 Å². The molecule has 1 aromatic rings. The molecule has 4 heteroatoms. The van der Waals surface area contributed by atoms with Crippen molar-refractivity contribution in [3.8, 4) is 5.75 Å². The molecule has 1 aromatic heterocycles. The van der Waals surface area contributed by atoms with Gasteiger partial charge in [-0.15, -0.1) is 0 Å². The van der Waals surface area contributed by atoms with Crippen molar-refractivity contribution < 1.29 is 14.9 Å². The second-order valence-electron chi connectivity index (χ2n) is 3.06. The Morgan fingerprint density at radius 2 is 2.54 bits per heavy atom. The Labute approximate surface area is 75.8 Å². The third-order valence-corrected chi connectivity index (χ3v) is 2.17. The molecule has 2 rings (SSSR count). The zero-order valence-corrected chi connectivity index (χ0v) is 7.03. The average molecular weight is 180 g/mol. The van der Waals surface area contributed by atoms with Gasteiger partial charge in [0.05, 0.1) is 13.2 Å². The Kier molecular flexibility index (Phi) is 1.94. The van der Waals surface area contributed by atoms with Crippen molar-refractivity contribution in [2.24, 2.45) is 0 Å². The Hall–Kier alpha value is -1.13. The van der Waals surface area contributed by atoms with E-state index >= 15 is 0 Å². The lowest BCUT2D eigenvalue weighted by Crippen LogP contribution is -2.37. The van der Waals surface area contributed by atoms with Crippen molar-refractivity contribution in [1.29, 1.82) is 0 Å². The lowest BCUT2D eigenvalue weighted by Gasteiger charge is -2.30. The molecule has 2 N–H and O–H groups in total. The lowest BCUT2D eigenvalue weighted by atomic mass is 9.94. The molecule has 0 spiro atoms. The van der Waals surface area contributed by atoms with Crippen LogP contribution in [0, 0.1) is 6.07 Å². The number of ether oxygens (including phenoxy) is 1. The topological polar surface area (TPSA) is 62.6 Å². The van der Waals surface area contributed by atoms with Gasteiger partial charge in [0.2, 0.25) is 0 Å². The van der Waals surface area contributed by atoms with E-state index in [0.29, 0.717) is 24.5 Å². The van der Waals surface area contributed by atoms with Gasteiger partial charge in [0.25, 0.3) is 0 Å². The summed E-state index contributed by atoms with van der Waals surface area (Å²) < 4.78 is 5.23. The van der Waals surface area contributed by atoms with Crippen LogP contribution in [-0.4, -0.2) is 28.4 Å². The highest BCUT2D eigenvalue weighted by atomic mass is 16.5. The lowest BCUT2D eigenvalue weighted by molar-refractivity contribution is -0.0514. The highest BCUT2D eigenvalue weighted by Crippen LogP contribution is 2.33. The van der Waals surface area contributed by atoms with E-state index in [-0.39, 0.29) is 6.61 Å². The van der Waals surface area contributed by atoms with Crippen LogP contribution in [0.4, 0.5) is 0 Å². The molecular weight excluding hydrogens is 170 g/mol. The number of hydrogen-bond donors (Lipinski definition) is 2. The van der Waals surface area contributed by atoms with E-state index in [0.717, 1.165) is 0 Å². The van der Waals surface area contributed by atoms with Gasteiger partial charge in [-0.3, -0.25) is 4.98 Å². The number of aromatic nitrogens is 1. The highest BCUT2D eigenvalue weighted by Gasteiger charge is 2.36. The van der Waals surface area contributed by atoms with Crippen LogP contribution in [-0.2, 0) is 5.60 Å². The van der Waals surface area contributed by atoms with Crippen molar-refractivity contribution >= 4 is 0 Å². The first-order valence-electron chi connectivity index (χ1n) is 4.09. The van der Waals surface area contributed by atoms with Gasteiger partial charge in [0, 0.05) is 18.7 Å². The van der Waals surface area contributed by atoms with Crippen molar-refractivity contribution in [2.75, 3.05) is 13.2 Å². The maximum Gasteiger partial charge on any atom is 0.151 e. The fourth-order valence-electron chi connectivity index (χ4n) is 1.39. The second-order valence-corrected chi connectivity index (χ2v) is 3.06. The third-order valence-electron chi connectivity index (χ3n) is 2.17. The summed E-state index contributed by atoms with van der Waals surface area (Å²) in [7, 11) is 0. The first-order chi connectivity index (χ1) is 6.26. The van der Waals surface area contributed by atoms with Crippen molar-refractivity contribution in [3.63, 3.8) is 0 Å². The minimum atomic E-state index is -1.26. The molecule has 1 atom stereocenters. The van der Waals surface area contributed by atoms with Crippen LogP contribution in [0.15, 0.2) is 12.3 Å². The summed E-state index contributed by atoms with van der Waals surface area (Å²) in [6.45, 7) is 0.0421. The Morgan fingerprint density at radius 1 is 1.69 bits per heavy atom. The quantitative estimate of drug-likeness (QED) is 0.630. The maximum absolute atomic E-state index is 9.92. The van der Waals surface area contributed by atoms with Crippen molar-refractivity contribution in [3.05, 3.63) is 24.0 Å². The molecule has 0 aliphatic carbocycles. The van der Waals surface area contributed by atoms with Crippen LogP contribution in [0.1, 0.15) is 12.1 Å².